The van der Waals surface area contributed by atoms with Crippen molar-refractivity contribution in [2.75, 3.05) is 11.9 Å². The van der Waals surface area contributed by atoms with Crippen molar-refractivity contribution in [2.45, 2.75) is 26.8 Å². The van der Waals surface area contributed by atoms with Gasteiger partial charge in [-0.2, -0.15) is 0 Å². The zero-order chi connectivity index (χ0) is 9.84. The maximum atomic E-state index is 4.31. The van der Waals surface area contributed by atoms with Crippen LogP contribution in [0.4, 0.5) is 5.82 Å². The molecule has 13 heavy (non-hydrogen) atoms. The highest BCUT2D eigenvalue weighted by Gasteiger charge is 2.13. The number of anilines is 1. The fourth-order valence-corrected chi connectivity index (χ4v) is 1.22. The summed E-state index contributed by atoms with van der Waals surface area (Å²) in [5.74, 6) is 1.69. The molecule has 0 aromatic carbocycles. The minimum atomic E-state index is 0.523. The number of rotatable bonds is 3. The topological polar surface area (TPSA) is 16.1 Å². The smallest absolute Gasteiger partial charge is 0.128 e. The van der Waals surface area contributed by atoms with Crippen LogP contribution < -0.4 is 4.90 Å². The molecule has 2 heteroatoms. The highest BCUT2D eigenvalue weighted by Crippen LogP contribution is 2.15. The van der Waals surface area contributed by atoms with E-state index < -0.39 is 0 Å². The van der Waals surface area contributed by atoms with Crippen molar-refractivity contribution < 1.29 is 0 Å². The molecule has 0 radical (unpaired) electrons. The van der Waals surface area contributed by atoms with Crippen LogP contribution in [0.25, 0.3) is 0 Å². The van der Waals surface area contributed by atoms with E-state index in [0.29, 0.717) is 12.0 Å². The molecule has 1 atom stereocenters. The van der Waals surface area contributed by atoms with Crippen molar-refractivity contribution >= 4 is 5.82 Å². The van der Waals surface area contributed by atoms with E-state index >= 15 is 0 Å². The van der Waals surface area contributed by atoms with E-state index in [4.69, 9.17) is 0 Å². The number of nitrogens with zero attached hydrogens (tertiary/aromatic N) is 2. The Bertz CT molecular complexity index is 244. The molecular formula is C11H18N2. The molecule has 0 aliphatic rings. The SMILES string of the molecule is CC(C)C(C)N(C)c1ccccn1. The van der Waals surface area contributed by atoms with Gasteiger partial charge in [0.2, 0.25) is 0 Å². The number of aromatic nitrogens is 1. The Labute approximate surface area is 80.6 Å². The van der Waals surface area contributed by atoms with Crippen LogP contribution in [0.2, 0.25) is 0 Å². The second-order valence-corrected chi connectivity index (χ2v) is 3.78. The summed E-state index contributed by atoms with van der Waals surface area (Å²) in [7, 11) is 2.09. The fraction of sp³-hybridized carbons (Fsp3) is 0.545. The molecule has 0 saturated heterocycles. The second kappa shape index (κ2) is 4.26. The Morgan fingerprint density at radius 3 is 2.38 bits per heavy atom. The van der Waals surface area contributed by atoms with Crippen LogP contribution in [0.1, 0.15) is 20.8 Å². The molecule has 0 aliphatic heterocycles. The molecule has 0 amide bonds. The lowest BCUT2D eigenvalue weighted by Crippen LogP contribution is -2.33. The van der Waals surface area contributed by atoms with Crippen molar-refractivity contribution in [3.63, 3.8) is 0 Å². The quantitative estimate of drug-likeness (QED) is 0.707. The molecule has 1 aromatic heterocycles. The van der Waals surface area contributed by atoms with E-state index in [9.17, 15) is 0 Å². The van der Waals surface area contributed by atoms with Gasteiger partial charge in [-0.15, -0.1) is 0 Å². The molecule has 0 saturated carbocycles. The van der Waals surface area contributed by atoms with Gasteiger partial charge in [-0.05, 0) is 25.0 Å². The molecular weight excluding hydrogens is 160 g/mol. The molecule has 1 rings (SSSR count). The van der Waals surface area contributed by atoms with Crippen molar-refractivity contribution in [1.29, 1.82) is 0 Å². The average Bonchev–Trinajstić information content (AvgIpc) is 2.17. The molecule has 0 fully saturated rings. The monoisotopic (exact) mass is 178 g/mol. The lowest BCUT2D eigenvalue weighted by molar-refractivity contribution is 0.503. The molecule has 2 nitrogen and oxygen atoms in total. The van der Waals surface area contributed by atoms with E-state index in [-0.39, 0.29) is 0 Å². The maximum Gasteiger partial charge on any atom is 0.128 e. The first-order valence-electron chi connectivity index (χ1n) is 4.76. The normalized spacial score (nSPS) is 13.0. The Balaban J connectivity index is 2.73. The number of pyridine rings is 1. The van der Waals surface area contributed by atoms with Crippen LogP contribution in [0.5, 0.6) is 0 Å². The molecule has 1 unspecified atom stereocenters. The summed E-state index contributed by atoms with van der Waals surface area (Å²) in [6.45, 7) is 6.67. The summed E-state index contributed by atoms with van der Waals surface area (Å²) >= 11 is 0. The number of hydrogen-bond donors (Lipinski definition) is 0. The summed E-state index contributed by atoms with van der Waals surface area (Å²) in [6, 6.07) is 6.53. The molecule has 0 bridgehead atoms. The van der Waals surface area contributed by atoms with Gasteiger partial charge in [-0.25, -0.2) is 4.98 Å². The third kappa shape index (κ3) is 2.44. The van der Waals surface area contributed by atoms with E-state index in [1.165, 1.54) is 0 Å². The van der Waals surface area contributed by atoms with Crippen molar-refractivity contribution in [3.8, 4) is 0 Å². The Hall–Kier alpha value is -1.05. The first-order valence-corrected chi connectivity index (χ1v) is 4.76. The van der Waals surface area contributed by atoms with Crippen LogP contribution in [-0.2, 0) is 0 Å². The van der Waals surface area contributed by atoms with Gasteiger partial charge >= 0.3 is 0 Å². The predicted octanol–water partition coefficient (Wildman–Crippen LogP) is 2.56. The summed E-state index contributed by atoms with van der Waals surface area (Å²) in [5, 5.41) is 0. The second-order valence-electron chi connectivity index (χ2n) is 3.78. The highest BCUT2D eigenvalue weighted by atomic mass is 15.2. The maximum absolute atomic E-state index is 4.31. The Morgan fingerprint density at radius 1 is 1.23 bits per heavy atom. The Morgan fingerprint density at radius 2 is 1.92 bits per heavy atom. The molecule has 72 valence electrons. The lowest BCUT2D eigenvalue weighted by atomic mass is 10.1. The first kappa shape index (κ1) is 10.0. The largest absolute Gasteiger partial charge is 0.357 e. The van der Waals surface area contributed by atoms with Gasteiger partial charge in [0, 0.05) is 19.3 Å². The molecule has 1 heterocycles. The van der Waals surface area contributed by atoms with Gasteiger partial charge < -0.3 is 4.90 Å². The standard InChI is InChI=1S/C11H18N2/c1-9(2)10(3)13(4)11-7-5-6-8-12-11/h5-10H,1-4H3. The van der Waals surface area contributed by atoms with Gasteiger partial charge in [0.05, 0.1) is 0 Å². The molecule has 1 aromatic rings. The van der Waals surface area contributed by atoms with Crippen LogP contribution in [0.15, 0.2) is 24.4 Å². The van der Waals surface area contributed by atoms with Crippen LogP contribution >= 0.6 is 0 Å². The highest BCUT2D eigenvalue weighted by molar-refractivity contribution is 5.37. The summed E-state index contributed by atoms with van der Waals surface area (Å²) in [4.78, 5) is 6.52. The third-order valence-corrected chi connectivity index (χ3v) is 2.59. The number of hydrogen-bond acceptors (Lipinski definition) is 2. The summed E-state index contributed by atoms with van der Waals surface area (Å²) < 4.78 is 0. The molecule has 0 aliphatic carbocycles. The Kier molecular flexibility index (Phi) is 3.29. The summed E-state index contributed by atoms with van der Waals surface area (Å²) in [6.07, 6.45) is 1.83. The van der Waals surface area contributed by atoms with E-state index in [1.807, 2.05) is 24.4 Å². The van der Waals surface area contributed by atoms with Gasteiger partial charge in [-0.3, -0.25) is 0 Å². The predicted molar refractivity (Wildman–Crippen MR) is 56.9 cm³/mol. The van der Waals surface area contributed by atoms with Crippen molar-refractivity contribution in [2.24, 2.45) is 5.92 Å². The van der Waals surface area contributed by atoms with E-state index in [1.54, 1.807) is 0 Å². The molecule has 0 N–H and O–H groups in total. The lowest BCUT2D eigenvalue weighted by Gasteiger charge is -2.28. The van der Waals surface area contributed by atoms with Crippen LogP contribution in [-0.4, -0.2) is 18.1 Å². The minimum Gasteiger partial charge on any atom is -0.357 e. The van der Waals surface area contributed by atoms with E-state index in [2.05, 4.69) is 37.7 Å². The zero-order valence-electron chi connectivity index (χ0n) is 8.86. The van der Waals surface area contributed by atoms with Crippen LogP contribution in [0, 0.1) is 5.92 Å². The fourth-order valence-electron chi connectivity index (χ4n) is 1.22. The van der Waals surface area contributed by atoms with Gasteiger partial charge in [0.25, 0.3) is 0 Å². The first-order chi connectivity index (χ1) is 6.13. The minimum absolute atomic E-state index is 0.523. The van der Waals surface area contributed by atoms with Gasteiger partial charge in [0.15, 0.2) is 0 Å². The molecule has 0 spiro atoms. The van der Waals surface area contributed by atoms with E-state index in [0.717, 1.165) is 5.82 Å². The third-order valence-electron chi connectivity index (χ3n) is 2.59. The van der Waals surface area contributed by atoms with Crippen molar-refractivity contribution in [3.05, 3.63) is 24.4 Å². The van der Waals surface area contributed by atoms with Gasteiger partial charge in [0.1, 0.15) is 5.82 Å². The van der Waals surface area contributed by atoms with Crippen LogP contribution in [0.3, 0.4) is 0 Å². The zero-order valence-corrected chi connectivity index (χ0v) is 8.86. The summed E-state index contributed by atoms with van der Waals surface area (Å²) in [5.41, 5.74) is 0. The van der Waals surface area contributed by atoms with Crippen molar-refractivity contribution in [1.82, 2.24) is 4.98 Å². The average molecular weight is 178 g/mol. The van der Waals surface area contributed by atoms with Gasteiger partial charge in [-0.1, -0.05) is 19.9 Å².